The quantitative estimate of drug-likeness (QED) is 0.295. The maximum absolute atomic E-state index is 12.7. The average molecular weight is 419 g/mol. The van der Waals surface area contributed by atoms with Crippen molar-refractivity contribution in [3.63, 3.8) is 0 Å². The highest BCUT2D eigenvalue weighted by Crippen LogP contribution is 2.28. The number of fused-ring (bicyclic) bond motifs is 1. The summed E-state index contributed by atoms with van der Waals surface area (Å²) in [5, 5.41) is 0.809. The number of Topliss-reactive ketones (excluding diaryl/α,β-unsaturated/α-hetero) is 1. The molecule has 0 unspecified atom stereocenters. The Morgan fingerprint density at radius 3 is 2.33 bits per heavy atom. The summed E-state index contributed by atoms with van der Waals surface area (Å²) < 4.78 is 12.7. The lowest BCUT2D eigenvalue weighted by atomic mass is 10.1. The van der Waals surface area contributed by atoms with Crippen LogP contribution in [-0.2, 0) is 6.54 Å². The number of ketones is 1. The van der Waals surface area contributed by atoms with Crippen LogP contribution in [0.1, 0.15) is 15.9 Å². The van der Waals surface area contributed by atoms with Crippen molar-refractivity contribution in [1.29, 1.82) is 0 Å². The fourth-order valence-electron chi connectivity index (χ4n) is 3.23. The lowest BCUT2D eigenvalue weighted by Crippen LogP contribution is -2.06. The third kappa shape index (κ3) is 4.33. The van der Waals surface area contributed by atoms with Gasteiger partial charge in [0.15, 0.2) is 10.9 Å². The van der Waals surface area contributed by atoms with Crippen LogP contribution in [0.5, 0.6) is 11.5 Å². The number of methoxy groups -OCH3 is 2. The molecule has 0 amide bonds. The van der Waals surface area contributed by atoms with Gasteiger partial charge in [0.2, 0.25) is 0 Å². The Bertz CT molecular complexity index is 1150. The van der Waals surface area contributed by atoms with Crippen LogP contribution in [0.3, 0.4) is 0 Å². The second kappa shape index (κ2) is 9.05. The number of ether oxygens (including phenoxy) is 2. The van der Waals surface area contributed by atoms with Crippen molar-refractivity contribution >= 4 is 28.6 Å². The van der Waals surface area contributed by atoms with Gasteiger partial charge in [-0.15, -0.1) is 0 Å². The molecule has 0 aliphatic heterocycles. The molecule has 6 heteroatoms. The number of hydrogen-bond acceptors (Lipinski definition) is 5. The van der Waals surface area contributed by atoms with E-state index in [0.717, 1.165) is 27.7 Å². The van der Waals surface area contributed by atoms with E-state index in [1.165, 1.54) is 17.3 Å². The van der Waals surface area contributed by atoms with Crippen molar-refractivity contribution in [1.82, 2.24) is 9.55 Å². The van der Waals surface area contributed by atoms with Crippen LogP contribution in [-0.4, -0.2) is 35.3 Å². The summed E-state index contributed by atoms with van der Waals surface area (Å²) in [5.41, 5.74) is 3.70. The van der Waals surface area contributed by atoms with E-state index in [1.54, 1.807) is 38.5 Å². The fourth-order valence-corrected chi connectivity index (χ4v) is 4.14. The van der Waals surface area contributed by atoms with Crippen molar-refractivity contribution in [2.45, 2.75) is 11.7 Å². The number of thioether (sulfide) groups is 1. The molecule has 0 saturated heterocycles. The first-order chi connectivity index (χ1) is 14.7. The summed E-state index contributed by atoms with van der Waals surface area (Å²) in [7, 11) is 3.25. The maximum atomic E-state index is 12.7. The molecular formula is C24H22N2O3S. The number of carbonyl (C=O) groups excluding carboxylic acids is 1. The highest BCUT2D eigenvalue weighted by molar-refractivity contribution is 7.99. The first-order valence-electron chi connectivity index (χ1n) is 9.56. The minimum absolute atomic E-state index is 0.0542. The Hall–Kier alpha value is -3.25. The number of benzene rings is 3. The molecule has 4 aromatic rings. The van der Waals surface area contributed by atoms with E-state index >= 15 is 0 Å². The Labute approximate surface area is 179 Å². The van der Waals surface area contributed by atoms with Gasteiger partial charge in [-0.1, -0.05) is 42.1 Å². The van der Waals surface area contributed by atoms with Gasteiger partial charge in [0.25, 0.3) is 0 Å². The second-order valence-corrected chi connectivity index (χ2v) is 7.70. The summed E-state index contributed by atoms with van der Waals surface area (Å²) in [6, 6.07) is 23.3. The van der Waals surface area contributed by atoms with Crippen LogP contribution in [0.4, 0.5) is 0 Å². The average Bonchev–Trinajstić information content (AvgIpc) is 3.14. The summed E-state index contributed by atoms with van der Waals surface area (Å²) in [6.45, 7) is 0.683. The van der Waals surface area contributed by atoms with Gasteiger partial charge in [-0.2, -0.15) is 0 Å². The summed E-state index contributed by atoms with van der Waals surface area (Å²) in [5.74, 6) is 1.86. The highest BCUT2D eigenvalue weighted by Gasteiger charge is 2.15. The SMILES string of the molecule is COc1ccc(C(=O)CSc2nc3cc(OC)ccc3n2Cc2ccccc2)cc1. The van der Waals surface area contributed by atoms with Crippen molar-refractivity contribution < 1.29 is 14.3 Å². The van der Waals surface area contributed by atoms with Gasteiger partial charge in [-0.05, 0) is 42.0 Å². The van der Waals surface area contributed by atoms with E-state index in [1.807, 2.05) is 36.4 Å². The van der Waals surface area contributed by atoms with Crippen molar-refractivity contribution in [3.05, 3.63) is 83.9 Å². The van der Waals surface area contributed by atoms with E-state index in [0.29, 0.717) is 17.9 Å². The minimum atomic E-state index is 0.0542. The molecule has 0 aliphatic carbocycles. The Morgan fingerprint density at radius 1 is 0.933 bits per heavy atom. The molecule has 0 saturated carbocycles. The van der Waals surface area contributed by atoms with Crippen LogP contribution < -0.4 is 9.47 Å². The van der Waals surface area contributed by atoms with Crippen LogP contribution in [0.15, 0.2) is 78.0 Å². The summed E-state index contributed by atoms with van der Waals surface area (Å²) in [4.78, 5) is 17.5. The largest absolute Gasteiger partial charge is 0.497 e. The maximum Gasteiger partial charge on any atom is 0.173 e. The zero-order chi connectivity index (χ0) is 20.9. The topological polar surface area (TPSA) is 53.4 Å². The molecule has 0 radical (unpaired) electrons. The van der Waals surface area contributed by atoms with Gasteiger partial charge < -0.3 is 14.0 Å². The monoisotopic (exact) mass is 418 g/mol. The van der Waals surface area contributed by atoms with Crippen molar-refractivity contribution in [2.75, 3.05) is 20.0 Å². The molecule has 0 fully saturated rings. The molecule has 5 nitrogen and oxygen atoms in total. The molecule has 4 rings (SSSR count). The molecule has 152 valence electrons. The number of carbonyl (C=O) groups is 1. The number of hydrogen-bond donors (Lipinski definition) is 0. The first-order valence-corrected chi connectivity index (χ1v) is 10.5. The molecule has 0 spiro atoms. The van der Waals surface area contributed by atoms with E-state index in [9.17, 15) is 4.79 Å². The molecule has 0 N–H and O–H groups in total. The second-order valence-electron chi connectivity index (χ2n) is 6.76. The molecule has 3 aromatic carbocycles. The first kappa shape index (κ1) is 20.0. The van der Waals surface area contributed by atoms with Crippen LogP contribution in [0, 0.1) is 0 Å². The fraction of sp³-hybridized carbons (Fsp3) is 0.167. The number of imidazole rings is 1. The Morgan fingerprint density at radius 2 is 1.63 bits per heavy atom. The minimum Gasteiger partial charge on any atom is -0.497 e. The predicted molar refractivity (Wildman–Crippen MR) is 120 cm³/mol. The standard InChI is InChI=1S/C24H22N2O3S/c1-28-19-10-8-18(9-11-19)23(27)16-30-24-25-21-14-20(29-2)12-13-22(21)26(24)15-17-6-4-3-5-7-17/h3-14H,15-16H2,1-2H3. The van der Waals surface area contributed by atoms with E-state index in [-0.39, 0.29) is 5.78 Å². The molecule has 1 aromatic heterocycles. The third-order valence-corrected chi connectivity index (χ3v) is 5.82. The number of aromatic nitrogens is 2. The summed E-state index contributed by atoms with van der Waals surface area (Å²) in [6.07, 6.45) is 0. The van der Waals surface area contributed by atoms with E-state index in [2.05, 4.69) is 16.7 Å². The zero-order valence-corrected chi connectivity index (χ0v) is 17.7. The Balaban J connectivity index is 1.61. The smallest absolute Gasteiger partial charge is 0.173 e. The molecular weight excluding hydrogens is 396 g/mol. The van der Waals surface area contributed by atoms with Gasteiger partial charge in [0.1, 0.15) is 11.5 Å². The lowest BCUT2D eigenvalue weighted by Gasteiger charge is -2.09. The molecule has 30 heavy (non-hydrogen) atoms. The van der Waals surface area contributed by atoms with Gasteiger partial charge in [-0.25, -0.2) is 4.98 Å². The molecule has 0 bridgehead atoms. The van der Waals surface area contributed by atoms with Crippen molar-refractivity contribution in [3.8, 4) is 11.5 Å². The Kier molecular flexibility index (Phi) is 6.05. The van der Waals surface area contributed by atoms with Crippen molar-refractivity contribution in [2.24, 2.45) is 0 Å². The van der Waals surface area contributed by atoms with Gasteiger partial charge in [0.05, 0.1) is 37.6 Å². The van der Waals surface area contributed by atoms with Crippen LogP contribution in [0.2, 0.25) is 0 Å². The summed E-state index contributed by atoms with van der Waals surface area (Å²) >= 11 is 1.45. The molecule has 0 aliphatic rings. The molecule has 0 atom stereocenters. The lowest BCUT2D eigenvalue weighted by molar-refractivity contribution is 0.102. The van der Waals surface area contributed by atoms with Gasteiger partial charge in [0, 0.05) is 11.6 Å². The van der Waals surface area contributed by atoms with Crippen LogP contribution >= 0.6 is 11.8 Å². The van der Waals surface area contributed by atoms with Crippen LogP contribution in [0.25, 0.3) is 11.0 Å². The van der Waals surface area contributed by atoms with Gasteiger partial charge >= 0.3 is 0 Å². The highest BCUT2D eigenvalue weighted by atomic mass is 32.2. The normalized spacial score (nSPS) is 10.9. The molecule has 1 heterocycles. The van der Waals surface area contributed by atoms with E-state index in [4.69, 9.17) is 14.5 Å². The zero-order valence-electron chi connectivity index (χ0n) is 16.9. The predicted octanol–water partition coefficient (Wildman–Crippen LogP) is 5.08. The van der Waals surface area contributed by atoms with E-state index < -0.39 is 0 Å². The van der Waals surface area contributed by atoms with Gasteiger partial charge in [-0.3, -0.25) is 4.79 Å². The number of rotatable bonds is 8. The number of nitrogens with zero attached hydrogens (tertiary/aromatic N) is 2. The third-order valence-electron chi connectivity index (χ3n) is 4.85.